The first-order valence-corrected chi connectivity index (χ1v) is 14.9. The number of hydrogen-bond acceptors (Lipinski definition) is 5. The normalized spacial score (nSPS) is 23.4. The third-order valence-corrected chi connectivity index (χ3v) is 9.12. The van der Waals surface area contributed by atoms with Crippen LogP contribution in [-0.4, -0.2) is 41.3 Å². The molecule has 3 aliphatic rings. The number of nitrogens with zero attached hydrogens (tertiary/aromatic N) is 1. The van der Waals surface area contributed by atoms with Crippen molar-refractivity contribution in [3.8, 4) is 5.75 Å². The van der Waals surface area contributed by atoms with Gasteiger partial charge in [-0.05, 0) is 71.9 Å². The fourth-order valence-electron chi connectivity index (χ4n) is 6.98. The average molecular weight is 658 g/mol. The van der Waals surface area contributed by atoms with Crippen molar-refractivity contribution in [1.29, 1.82) is 0 Å². The van der Waals surface area contributed by atoms with Gasteiger partial charge in [0.2, 0.25) is 11.8 Å². The number of hydrogen-bond donors (Lipinski definition) is 2. The number of phenols is 1. The van der Waals surface area contributed by atoms with Crippen LogP contribution in [0.25, 0.3) is 11.6 Å². The zero-order chi connectivity index (χ0) is 33.7. The highest BCUT2D eigenvalue weighted by atomic mass is 19.4. The van der Waals surface area contributed by atoms with Crippen LogP contribution in [0.4, 0.5) is 32.0 Å². The monoisotopic (exact) mass is 657 g/mol. The average Bonchev–Trinajstić information content (AvgIpc) is 3.56. The zero-order valence-corrected chi connectivity index (χ0v) is 24.7. The molecule has 0 spiro atoms. The highest BCUT2D eigenvalue weighted by Crippen LogP contribution is 2.51. The number of ether oxygens (including phenoxy) is 1. The molecule has 2 saturated heterocycles. The summed E-state index contributed by atoms with van der Waals surface area (Å²) >= 11 is 0. The van der Waals surface area contributed by atoms with Gasteiger partial charge in [0.1, 0.15) is 5.75 Å². The summed E-state index contributed by atoms with van der Waals surface area (Å²) in [7, 11) is 0. The number of aliphatic hydroxyl groups is 1. The molecule has 0 aromatic heterocycles. The number of imide groups is 1. The van der Waals surface area contributed by atoms with Crippen molar-refractivity contribution in [2.75, 3.05) is 18.1 Å². The van der Waals surface area contributed by atoms with E-state index in [1.807, 2.05) is 36.4 Å². The van der Waals surface area contributed by atoms with Crippen molar-refractivity contribution in [3.63, 3.8) is 0 Å². The number of carbonyl (C=O) groups excluding carboxylic acids is 2. The molecule has 4 atom stereocenters. The number of amides is 2. The maximum Gasteiger partial charge on any atom is 0.416 e. The molecule has 2 fully saturated rings. The Labute approximate surface area is 265 Å². The van der Waals surface area contributed by atoms with E-state index >= 15 is 0 Å². The quantitative estimate of drug-likeness (QED) is 0.121. The predicted molar refractivity (Wildman–Crippen MR) is 160 cm³/mol. The highest BCUT2D eigenvalue weighted by Gasteiger charge is 2.57. The van der Waals surface area contributed by atoms with Gasteiger partial charge in [0.25, 0.3) is 0 Å². The molecule has 1 aliphatic carbocycles. The van der Waals surface area contributed by atoms with Gasteiger partial charge in [-0.25, -0.2) is 4.90 Å². The minimum absolute atomic E-state index is 0.0161. The van der Waals surface area contributed by atoms with Crippen LogP contribution in [-0.2, 0) is 26.7 Å². The summed E-state index contributed by atoms with van der Waals surface area (Å²) in [5, 5.41) is 20.7. The first kappa shape index (κ1) is 32.5. The maximum atomic E-state index is 13.8. The predicted octanol–water partition coefficient (Wildman–Crippen LogP) is 7.26. The summed E-state index contributed by atoms with van der Waals surface area (Å²) < 4.78 is 87.6. The van der Waals surface area contributed by atoms with Gasteiger partial charge in [-0.15, -0.1) is 0 Å². The SMILES string of the molecule is O=C1[C@@H]2[C@@H](CC(CO)=C3[C@@H](CC/C(=C/c4ccccc4O)c4ccccc4)OC[C@@H]32)C(=O)N1c1cc(C(F)(F)F)cc(C(F)(F)F)c1. The van der Waals surface area contributed by atoms with Crippen molar-refractivity contribution in [2.24, 2.45) is 17.8 Å². The molecule has 3 aromatic rings. The second-order valence-electron chi connectivity index (χ2n) is 11.9. The molecule has 2 aliphatic heterocycles. The number of phenolic OH excluding ortho intramolecular Hbond substituents is 1. The van der Waals surface area contributed by atoms with E-state index in [1.165, 1.54) is 0 Å². The summed E-state index contributed by atoms with van der Waals surface area (Å²) in [4.78, 5) is 27.7. The van der Waals surface area contributed by atoms with Gasteiger partial charge in [0.05, 0.1) is 48.0 Å². The molecule has 2 amide bonds. The van der Waals surface area contributed by atoms with Gasteiger partial charge in [0.15, 0.2) is 0 Å². The van der Waals surface area contributed by atoms with Crippen LogP contribution in [0.15, 0.2) is 83.9 Å². The molecule has 0 bridgehead atoms. The molecule has 0 saturated carbocycles. The van der Waals surface area contributed by atoms with E-state index in [4.69, 9.17) is 4.74 Å². The van der Waals surface area contributed by atoms with Crippen LogP contribution in [0, 0.1) is 17.8 Å². The molecule has 47 heavy (non-hydrogen) atoms. The van der Waals surface area contributed by atoms with Crippen molar-refractivity contribution >= 4 is 29.2 Å². The first-order chi connectivity index (χ1) is 22.3. The third kappa shape index (κ3) is 6.19. The number of rotatable bonds is 7. The molecule has 6 rings (SSSR count). The summed E-state index contributed by atoms with van der Waals surface area (Å²) in [6.07, 6.45) is -8.26. The Morgan fingerprint density at radius 1 is 0.872 bits per heavy atom. The van der Waals surface area contributed by atoms with E-state index in [0.717, 1.165) is 11.1 Å². The summed E-state index contributed by atoms with van der Waals surface area (Å²) in [6.45, 7) is -0.477. The molecular weight excluding hydrogens is 628 g/mol. The number of fused-ring (bicyclic) bond motifs is 3. The smallest absolute Gasteiger partial charge is 0.416 e. The summed E-state index contributed by atoms with van der Waals surface area (Å²) in [5.74, 6) is -4.58. The first-order valence-electron chi connectivity index (χ1n) is 14.9. The molecule has 2 N–H and O–H groups in total. The number of carbonyl (C=O) groups is 2. The number of aromatic hydroxyl groups is 1. The minimum atomic E-state index is -5.16. The van der Waals surface area contributed by atoms with Gasteiger partial charge >= 0.3 is 12.4 Å². The van der Waals surface area contributed by atoms with Crippen molar-refractivity contribution < 1.29 is 50.9 Å². The second kappa shape index (κ2) is 12.3. The standard InChI is InChI=1S/C35H29F6NO5/c36-34(37,38)23-14-24(35(39,40)41)16-25(15-23)42-32(45)26-13-22(17-43)30-27(31(26)33(42)46)18-47-29(30)11-10-20(19-6-2-1-3-7-19)12-21-8-4-5-9-28(21)44/h1-9,12,14-16,26-27,29,31,43-44H,10-11,13,17-18H2/b20-12-/t26-,27+,29-,31-/m1/s1. The molecule has 246 valence electrons. The number of benzene rings is 3. The van der Waals surface area contributed by atoms with Crippen molar-refractivity contribution in [1.82, 2.24) is 0 Å². The molecule has 0 unspecified atom stereocenters. The molecular formula is C35H29F6NO5. The second-order valence-corrected chi connectivity index (χ2v) is 11.9. The summed E-state index contributed by atoms with van der Waals surface area (Å²) in [5.41, 5.74) is -0.601. The van der Waals surface area contributed by atoms with Crippen molar-refractivity contribution in [2.45, 2.75) is 37.7 Å². The number of allylic oxidation sites excluding steroid dienone is 1. The largest absolute Gasteiger partial charge is 0.507 e. The molecule has 6 nitrogen and oxygen atoms in total. The fourth-order valence-corrected chi connectivity index (χ4v) is 6.98. The van der Waals surface area contributed by atoms with Crippen LogP contribution in [0.5, 0.6) is 5.75 Å². The molecule has 0 radical (unpaired) electrons. The Bertz CT molecular complexity index is 1730. The lowest BCUT2D eigenvalue weighted by atomic mass is 9.69. The van der Waals surface area contributed by atoms with Crippen LogP contribution in [0.2, 0.25) is 0 Å². The third-order valence-electron chi connectivity index (χ3n) is 9.12. The van der Waals surface area contributed by atoms with E-state index in [1.54, 1.807) is 24.3 Å². The molecule has 3 aromatic carbocycles. The topological polar surface area (TPSA) is 87.1 Å². The van der Waals surface area contributed by atoms with Crippen LogP contribution in [0.1, 0.15) is 41.5 Å². The Morgan fingerprint density at radius 2 is 1.51 bits per heavy atom. The highest BCUT2D eigenvalue weighted by molar-refractivity contribution is 6.22. The Balaban J connectivity index is 1.30. The number of anilines is 1. The lowest BCUT2D eigenvalue weighted by Gasteiger charge is -2.31. The van der Waals surface area contributed by atoms with Gasteiger partial charge < -0.3 is 14.9 Å². The molecule has 12 heteroatoms. The van der Waals surface area contributed by atoms with Crippen LogP contribution >= 0.6 is 0 Å². The number of aliphatic hydroxyl groups excluding tert-OH is 1. The maximum absolute atomic E-state index is 13.8. The van der Waals surface area contributed by atoms with Crippen LogP contribution < -0.4 is 4.90 Å². The lowest BCUT2D eigenvalue weighted by Crippen LogP contribution is -2.35. The fraction of sp³-hybridized carbons (Fsp3) is 0.314. The van der Waals surface area contributed by atoms with Crippen molar-refractivity contribution in [3.05, 3.63) is 106 Å². The van der Waals surface area contributed by atoms with E-state index in [0.29, 0.717) is 46.6 Å². The number of alkyl halides is 6. The van der Waals surface area contributed by atoms with Crippen LogP contribution in [0.3, 0.4) is 0 Å². The Morgan fingerprint density at radius 3 is 2.13 bits per heavy atom. The van der Waals surface area contributed by atoms with E-state index in [9.17, 15) is 46.1 Å². The Hall–Kier alpha value is -4.42. The zero-order valence-electron chi connectivity index (χ0n) is 24.7. The number of para-hydroxylation sites is 1. The van der Waals surface area contributed by atoms with E-state index in [-0.39, 0.29) is 24.8 Å². The van der Waals surface area contributed by atoms with Gasteiger partial charge in [-0.1, -0.05) is 48.5 Å². The van der Waals surface area contributed by atoms with E-state index in [2.05, 4.69) is 0 Å². The van der Waals surface area contributed by atoms with Gasteiger partial charge in [0, 0.05) is 11.5 Å². The number of halogens is 6. The lowest BCUT2D eigenvalue weighted by molar-refractivity contribution is -0.143. The van der Waals surface area contributed by atoms with Gasteiger partial charge in [-0.3, -0.25) is 9.59 Å². The van der Waals surface area contributed by atoms with E-state index < -0.39 is 71.4 Å². The summed E-state index contributed by atoms with van der Waals surface area (Å²) in [6, 6.07) is 17.0. The minimum Gasteiger partial charge on any atom is -0.507 e. The Kier molecular flexibility index (Phi) is 8.52. The molecule has 2 heterocycles. The van der Waals surface area contributed by atoms with Gasteiger partial charge in [-0.2, -0.15) is 26.3 Å².